The maximum atomic E-state index is 14.7. The van der Waals surface area contributed by atoms with Gasteiger partial charge in [-0.1, -0.05) is 13.8 Å². The number of fused-ring (bicyclic) bond motifs is 1. The predicted molar refractivity (Wildman–Crippen MR) is 124 cm³/mol. The van der Waals surface area contributed by atoms with Crippen LogP contribution in [-0.2, 0) is 11.3 Å². The molecule has 0 saturated heterocycles. The van der Waals surface area contributed by atoms with Gasteiger partial charge in [0.05, 0.1) is 30.4 Å². The molecule has 3 aromatic rings. The Morgan fingerprint density at radius 3 is 2.69 bits per heavy atom. The number of methoxy groups -OCH3 is 1. The second-order valence-corrected chi connectivity index (χ2v) is 7.57. The minimum atomic E-state index is -0.781. The van der Waals surface area contributed by atoms with E-state index >= 15 is 0 Å². The molecule has 0 bridgehead atoms. The highest BCUT2D eigenvalue weighted by molar-refractivity contribution is 5.99. The van der Waals surface area contributed by atoms with Gasteiger partial charge in [-0.05, 0) is 37.1 Å². The Labute approximate surface area is 186 Å². The van der Waals surface area contributed by atoms with E-state index in [-0.39, 0.29) is 29.3 Å². The fourth-order valence-electron chi connectivity index (χ4n) is 3.50. The normalized spacial score (nSPS) is 13.2. The number of nitrogens with one attached hydrogen (secondary N) is 2. The van der Waals surface area contributed by atoms with Crippen LogP contribution in [0, 0.1) is 5.82 Å². The molecule has 2 atom stereocenters. The van der Waals surface area contributed by atoms with Crippen molar-refractivity contribution in [1.82, 2.24) is 14.8 Å². The minimum Gasteiger partial charge on any atom is -0.383 e. The molecule has 0 aliphatic heterocycles. The van der Waals surface area contributed by atoms with Crippen molar-refractivity contribution >= 4 is 34.1 Å². The molecule has 172 valence electrons. The molecule has 2 aromatic heterocycles. The first-order valence-electron chi connectivity index (χ1n) is 10.6. The van der Waals surface area contributed by atoms with E-state index < -0.39 is 11.7 Å². The van der Waals surface area contributed by atoms with Gasteiger partial charge in [-0.25, -0.2) is 9.37 Å². The van der Waals surface area contributed by atoms with Gasteiger partial charge in [0.2, 0.25) is 0 Å². The van der Waals surface area contributed by atoms with Crippen LogP contribution in [0.15, 0.2) is 30.5 Å². The lowest BCUT2D eigenvalue weighted by Crippen LogP contribution is -2.39. The highest BCUT2D eigenvalue weighted by Crippen LogP contribution is 2.27. The molecule has 3 rings (SSSR count). The van der Waals surface area contributed by atoms with E-state index in [0.717, 1.165) is 23.4 Å². The third-order valence-corrected chi connectivity index (χ3v) is 5.40. The third-order valence-electron chi connectivity index (χ3n) is 5.40. The van der Waals surface area contributed by atoms with Crippen LogP contribution < -0.4 is 22.1 Å². The summed E-state index contributed by atoms with van der Waals surface area (Å²) in [6.07, 6.45) is 3.17. The standard InChI is InChI=1S/C22H30FN7O2/c1-4-17(24)18(5-2)28-22-16(23)11-15(20(25)31)21(29-22)27-14-6-7-19-13(10-14)12-26-30(19)8-9-32-3/h6-7,10-12,17-18H,4-5,8-9,24H2,1-3H3,(H2,25,31)(H2,27,28,29)/t17-,18+/m0/s1. The smallest absolute Gasteiger partial charge is 0.252 e. The first-order chi connectivity index (χ1) is 15.4. The quantitative estimate of drug-likeness (QED) is 0.358. The summed E-state index contributed by atoms with van der Waals surface area (Å²) in [6, 6.07) is 6.37. The molecule has 0 radical (unpaired) electrons. The van der Waals surface area contributed by atoms with E-state index in [9.17, 15) is 9.18 Å². The number of ether oxygens (including phenoxy) is 1. The summed E-state index contributed by atoms with van der Waals surface area (Å²) >= 11 is 0. The van der Waals surface area contributed by atoms with Crippen molar-refractivity contribution in [2.24, 2.45) is 11.5 Å². The number of nitrogens with zero attached hydrogens (tertiary/aromatic N) is 3. The molecule has 0 saturated carbocycles. The van der Waals surface area contributed by atoms with E-state index in [1.54, 1.807) is 13.3 Å². The van der Waals surface area contributed by atoms with Gasteiger partial charge in [0.15, 0.2) is 11.6 Å². The van der Waals surface area contributed by atoms with Crippen molar-refractivity contribution < 1.29 is 13.9 Å². The van der Waals surface area contributed by atoms with E-state index in [4.69, 9.17) is 16.2 Å². The second-order valence-electron chi connectivity index (χ2n) is 7.57. The summed E-state index contributed by atoms with van der Waals surface area (Å²) in [7, 11) is 1.64. The number of hydrogen-bond donors (Lipinski definition) is 4. The van der Waals surface area contributed by atoms with Gasteiger partial charge >= 0.3 is 0 Å². The zero-order valence-electron chi connectivity index (χ0n) is 18.6. The van der Waals surface area contributed by atoms with Crippen molar-refractivity contribution in [3.8, 4) is 0 Å². The summed E-state index contributed by atoms with van der Waals surface area (Å²) in [5.74, 6) is -1.27. The molecular formula is C22H30FN7O2. The minimum absolute atomic E-state index is 0.0155. The van der Waals surface area contributed by atoms with Crippen LogP contribution in [0.25, 0.3) is 10.9 Å². The zero-order valence-corrected chi connectivity index (χ0v) is 18.6. The third kappa shape index (κ3) is 5.14. The lowest BCUT2D eigenvalue weighted by atomic mass is 10.0. The van der Waals surface area contributed by atoms with Crippen LogP contribution in [0.5, 0.6) is 0 Å². The Morgan fingerprint density at radius 2 is 2.03 bits per heavy atom. The fraction of sp³-hybridized carbons (Fsp3) is 0.409. The second kappa shape index (κ2) is 10.4. The number of carbonyl (C=O) groups is 1. The number of hydrogen-bond acceptors (Lipinski definition) is 7. The molecule has 0 aliphatic rings. The van der Waals surface area contributed by atoms with Gasteiger partial charge in [0.25, 0.3) is 5.91 Å². The molecule has 0 aliphatic carbocycles. The van der Waals surface area contributed by atoms with E-state index in [1.165, 1.54) is 0 Å². The maximum absolute atomic E-state index is 14.7. The van der Waals surface area contributed by atoms with E-state index in [0.29, 0.717) is 25.3 Å². The molecule has 9 nitrogen and oxygen atoms in total. The number of primary amides is 1. The largest absolute Gasteiger partial charge is 0.383 e. The summed E-state index contributed by atoms with van der Waals surface area (Å²) in [5.41, 5.74) is 13.2. The molecule has 0 spiro atoms. The van der Waals surface area contributed by atoms with Crippen molar-refractivity contribution in [3.63, 3.8) is 0 Å². The first kappa shape index (κ1) is 23.4. The first-order valence-corrected chi connectivity index (χ1v) is 10.6. The zero-order chi connectivity index (χ0) is 23.3. The van der Waals surface area contributed by atoms with Gasteiger partial charge in [0.1, 0.15) is 5.82 Å². The Balaban J connectivity index is 1.92. The summed E-state index contributed by atoms with van der Waals surface area (Å²) in [4.78, 5) is 16.3. The monoisotopic (exact) mass is 443 g/mol. The number of aromatic nitrogens is 3. The number of amides is 1. The maximum Gasteiger partial charge on any atom is 0.252 e. The van der Waals surface area contributed by atoms with E-state index in [1.807, 2.05) is 36.7 Å². The lowest BCUT2D eigenvalue weighted by Gasteiger charge is -2.24. The topological polar surface area (TPSA) is 133 Å². The molecule has 2 heterocycles. The molecule has 1 aromatic carbocycles. The molecule has 32 heavy (non-hydrogen) atoms. The molecule has 0 fully saturated rings. The van der Waals surface area contributed by atoms with Crippen LogP contribution in [-0.4, -0.2) is 46.5 Å². The fourth-order valence-corrected chi connectivity index (χ4v) is 3.50. The molecular weight excluding hydrogens is 413 g/mol. The van der Waals surface area contributed by atoms with Crippen LogP contribution >= 0.6 is 0 Å². The number of rotatable bonds is 11. The summed E-state index contributed by atoms with van der Waals surface area (Å²) < 4.78 is 21.6. The number of benzene rings is 1. The van der Waals surface area contributed by atoms with E-state index in [2.05, 4.69) is 20.7 Å². The van der Waals surface area contributed by atoms with Crippen LogP contribution in [0.2, 0.25) is 0 Å². The number of anilines is 3. The van der Waals surface area contributed by atoms with Gasteiger partial charge in [-0.15, -0.1) is 0 Å². The van der Waals surface area contributed by atoms with Crippen LogP contribution in [0.3, 0.4) is 0 Å². The van der Waals surface area contributed by atoms with Crippen LogP contribution in [0.1, 0.15) is 37.0 Å². The summed E-state index contributed by atoms with van der Waals surface area (Å²) in [5, 5.41) is 11.4. The Morgan fingerprint density at radius 1 is 1.25 bits per heavy atom. The lowest BCUT2D eigenvalue weighted by molar-refractivity contribution is 0.100. The van der Waals surface area contributed by atoms with Crippen molar-refractivity contribution in [2.75, 3.05) is 24.4 Å². The number of nitrogens with two attached hydrogens (primary N) is 2. The molecule has 0 unspecified atom stereocenters. The average molecular weight is 444 g/mol. The predicted octanol–water partition coefficient (Wildman–Crippen LogP) is 2.99. The highest BCUT2D eigenvalue weighted by Gasteiger charge is 2.20. The number of halogens is 1. The molecule has 6 N–H and O–H groups in total. The Hall–Kier alpha value is -3.24. The SMILES string of the molecule is CC[C@H](N)[C@@H](CC)Nc1nc(Nc2ccc3c(cnn3CCOC)c2)c(C(N)=O)cc1F. The van der Waals surface area contributed by atoms with Crippen molar-refractivity contribution in [2.45, 2.75) is 45.3 Å². The molecule has 1 amide bonds. The molecule has 10 heteroatoms. The van der Waals surface area contributed by atoms with Crippen LogP contribution in [0.4, 0.5) is 21.7 Å². The number of carbonyl (C=O) groups excluding carboxylic acids is 1. The van der Waals surface area contributed by atoms with Crippen molar-refractivity contribution in [1.29, 1.82) is 0 Å². The van der Waals surface area contributed by atoms with Gasteiger partial charge in [-0.2, -0.15) is 5.10 Å². The van der Waals surface area contributed by atoms with Gasteiger partial charge in [0, 0.05) is 30.3 Å². The van der Waals surface area contributed by atoms with Gasteiger partial charge < -0.3 is 26.8 Å². The van der Waals surface area contributed by atoms with Crippen molar-refractivity contribution in [3.05, 3.63) is 41.8 Å². The Kier molecular flexibility index (Phi) is 7.60. The van der Waals surface area contributed by atoms with Gasteiger partial charge in [-0.3, -0.25) is 9.48 Å². The highest BCUT2D eigenvalue weighted by atomic mass is 19.1. The number of pyridine rings is 1. The summed E-state index contributed by atoms with van der Waals surface area (Å²) in [6.45, 7) is 5.11. The Bertz CT molecular complexity index is 1090. The average Bonchev–Trinajstić information content (AvgIpc) is 3.19.